The van der Waals surface area contributed by atoms with E-state index in [1.807, 2.05) is 13.0 Å². The summed E-state index contributed by atoms with van der Waals surface area (Å²) in [6.45, 7) is 2.24. The predicted octanol–water partition coefficient (Wildman–Crippen LogP) is 3.76. The first-order valence-electron chi connectivity index (χ1n) is 5.78. The molecule has 0 fully saturated rings. The highest BCUT2D eigenvalue weighted by Crippen LogP contribution is 2.16. The Hall–Kier alpha value is -2.41. The summed E-state index contributed by atoms with van der Waals surface area (Å²) in [5, 5.41) is 11.9. The Morgan fingerprint density at radius 3 is 2.53 bits per heavy atom. The van der Waals surface area contributed by atoms with E-state index in [-0.39, 0.29) is 0 Å². The van der Waals surface area contributed by atoms with Crippen molar-refractivity contribution in [1.82, 2.24) is 0 Å². The highest BCUT2D eigenvalue weighted by Gasteiger charge is 2.03. The second-order valence-electron chi connectivity index (χ2n) is 4.24. The van der Waals surface area contributed by atoms with E-state index in [0.717, 1.165) is 17.3 Å². The molecule has 96 valence electrons. The summed E-state index contributed by atoms with van der Waals surface area (Å²) in [4.78, 5) is 0. The topological polar surface area (TPSA) is 35.8 Å². The monoisotopic (exact) mass is 258 g/mol. The minimum Gasteiger partial charge on any atom is -0.381 e. The molecule has 0 aliphatic heterocycles. The van der Waals surface area contributed by atoms with Crippen LogP contribution in [0.5, 0.6) is 0 Å². The number of rotatable bonds is 3. The maximum atomic E-state index is 13.0. The molecule has 2 aromatic carbocycles. The number of hydrogen-bond acceptors (Lipinski definition) is 2. The molecule has 2 rings (SSSR count). The molecular formula is C15H12F2N2. The number of anilines is 1. The molecule has 2 aromatic rings. The van der Waals surface area contributed by atoms with E-state index in [9.17, 15) is 8.78 Å². The van der Waals surface area contributed by atoms with E-state index in [1.165, 1.54) is 12.1 Å². The highest BCUT2D eigenvalue weighted by molar-refractivity contribution is 5.51. The van der Waals surface area contributed by atoms with Crippen molar-refractivity contribution in [3.05, 3.63) is 64.7 Å². The Labute approximate surface area is 110 Å². The van der Waals surface area contributed by atoms with Crippen LogP contribution in [0.3, 0.4) is 0 Å². The number of nitrogens with zero attached hydrogens (tertiary/aromatic N) is 1. The van der Waals surface area contributed by atoms with Crippen LogP contribution in [-0.2, 0) is 6.54 Å². The third-order valence-electron chi connectivity index (χ3n) is 2.83. The van der Waals surface area contributed by atoms with Gasteiger partial charge in [0, 0.05) is 12.2 Å². The van der Waals surface area contributed by atoms with Crippen molar-refractivity contribution in [2.45, 2.75) is 13.5 Å². The van der Waals surface area contributed by atoms with Gasteiger partial charge >= 0.3 is 0 Å². The van der Waals surface area contributed by atoms with Crippen LogP contribution >= 0.6 is 0 Å². The SMILES string of the molecule is Cc1cc(NCc2ccc(F)c(F)c2)ccc1C#N. The standard InChI is InChI=1S/C15H12F2N2/c1-10-6-13(4-3-12(10)8-18)19-9-11-2-5-14(16)15(17)7-11/h2-7,19H,9H2,1H3. The van der Waals surface area contributed by atoms with E-state index >= 15 is 0 Å². The van der Waals surface area contributed by atoms with Gasteiger partial charge in [0.25, 0.3) is 0 Å². The zero-order chi connectivity index (χ0) is 13.8. The first kappa shape index (κ1) is 13.0. The molecule has 2 nitrogen and oxygen atoms in total. The molecule has 19 heavy (non-hydrogen) atoms. The van der Waals surface area contributed by atoms with Gasteiger partial charge in [-0.05, 0) is 48.4 Å². The Balaban J connectivity index is 2.08. The van der Waals surface area contributed by atoms with Crippen molar-refractivity contribution in [3.8, 4) is 6.07 Å². The molecule has 0 unspecified atom stereocenters. The summed E-state index contributed by atoms with van der Waals surface area (Å²) >= 11 is 0. The fourth-order valence-electron chi connectivity index (χ4n) is 1.75. The summed E-state index contributed by atoms with van der Waals surface area (Å²) in [6, 6.07) is 11.2. The van der Waals surface area contributed by atoms with Crippen LogP contribution in [0.15, 0.2) is 36.4 Å². The largest absolute Gasteiger partial charge is 0.381 e. The fraction of sp³-hybridized carbons (Fsp3) is 0.133. The molecule has 1 N–H and O–H groups in total. The Morgan fingerprint density at radius 2 is 1.89 bits per heavy atom. The lowest BCUT2D eigenvalue weighted by Crippen LogP contribution is -2.01. The van der Waals surface area contributed by atoms with Crippen LogP contribution in [0.4, 0.5) is 14.5 Å². The van der Waals surface area contributed by atoms with Crippen LogP contribution in [0.25, 0.3) is 0 Å². The smallest absolute Gasteiger partial charge is 0.159 e. The van der Waals surface area contributed by atoms with Gasteiger partial charge < -0.3 is 5.32 Å². The van der Waals surface area contributed by atoms with Gasteiger partial charge in [-0.25, -0.2) is 8.78 Å². The zero-order valence-electron chi connectivity index (χ0n) is 10.4. The first-order chi connectivity index (χ1) is 9.10. The Bertz CT molecular complexity index is 645. The van der Waals surface area contributed by atoms with E-state index in [4.69, 9.17) is 5.26 Å². The zero-order valence-corrected chi connectivity index (χ0v) is 10.4. The quantitative estimate of drug-likeness (QED) is 0.909. The first-order valence-corrected chi connectivity index (χ1v) is 5.78. The van der Waals surface area contributed by atoms with E-state index < -0.39 is 11.6 Å². The molecule has 0 amide bonds. The van der Waals surface area contributed by atoms with Crippen molar-refractivity contribution in [3.63, 3.8) is 0 Å². The van der Waals surface area contributed by atoms with Gasteiger partial charge in [-0.15, -0.1) is 0 Å². The van der Waals surface area contributed by atoms with Gasteiger partial charge in [0.15, 0.2) is 11.6 Å². The summed E-state index contributed by atoms with van der Waals surface area (Å²) in [6.07, 6.45) is 0. The van der Waals surface area contributed by atoms with Gasteiger partial charge in [-0.1, -0.05) is 6.07 Å². The lowest BCUT2D eigenvalue weighted by Gasteiger charge is -2.08. The van der Waals surface area contributed by atoms with Crippen molar-refractivity contribution in [2.75, 3.05) is 5.32 Å². The highest BCUT2D eigenvalue weighted by atomic mass is 19.2. The molecule has 0 bridgehead atoms. The van der Waals surface area contributed by atoms with Gasteiger partial charge in [-0.2, -0.15) is 5.26 Å². The van der Waals surface area contributed by atoms with Gasteiger partial charge in [0.2, 0.25) is 0 Å². The maximum absolute atomic E-state index is 13.0. The lowest BCUT2D eigenvalue weighted by molar-refractivity contribution is 0.507. The molecule has 0 heterocycles. The predicted molar refractivity (Wildman–Crippen MR) is 69.6 cm³/mol. The Morgan fingerprint density at radius 1 is 1.11 bits per heavy atom. The summed E-state index contributed by atoms with van der Waals surface area (Å²) in [5.41, 5.74) is 2.98. The molecule has 0 saturated carbocycles. The fourth-order valence-corrected chi connectivity index (χ4v) is 1.75. The second-order valence-corrected chi connectivity index (χ2v) is 4.24. The number of aryl methyl sites for hydroxylation is 1. The number of hydrogen-bond donors (Lipinski definition) is 1. The van der Waals surface area contributed by atoms with Crippen LogP contribution in [0, 0.1) is 29.9 Å². The molecule has 0 atom stereocenters. The number of nitrogens with one attached hydrogen (secondary N) is 1. The normalized spacial score (nSPS) is 10.0. The van der Waals surface area contributed by atoms with Crippen molar-refractivity contribution < 1.29 is 8.78 Å². The maximum Gasteiger partial charge on any atom is 0.159 e. The molecular weight excluding hydrogens is 246 g/mol. The van der Waals surface area contributed by atoms with Crippen molar-refractivity contribution in [1.29, 1.82) is 5.26 Å². The molecule has 0 spiro atoms. The minimum absolute atomic E-state index is 0.391. The Kier molecular flexibility index (Phi) is 3.76. The van der Waals surface area contributed by atoms with Crippen molar-refractivity contribution in [2.24, 2.45) is 0 Å². The molecule has 0 aliphatic rings. The number of benzene rings is 2. The minimum atomic E-state index is -0.852. The lowest BCUT2D eigenvalue weighted by atomic mass is 10.1. The summed E-state index contributed by atoms with van der Waals surface area (Å²) in [7, 11) is 0. The van der Waals surface area contributed by atoms with Gasteiger partial charge in [0.1, 0.15) is 0 Å². The van der Waals surface area contributed by atoms with E-state index in [2.05, 4.69) is 11.4 Å². The third kappa shape index (κ3) is 3.08. The summed E-state index contributed by atoms with van der Waals surface area (Å²) < 4.78 is 25.8. The van der Waals surface area contributed by atoms with Crippen LogP contribution in [0.2, 0.25) is 0 Å². The van der Waals surface area contributed by atoms with Gasteiger partial charge in [0.05, 0.1) is 11.6 Å². The molecule has 0 saturated heterocycles. The average molecular weight is 258 g/mol. The summed E-state index contributed by atoms with van der Waals surface area (Å²) in [5.74, 6) is -1.70. The third-order valence-corrected chi connectivity index (χ3v) is 2.83. The molecule has 4 heteroatoms. The van der Waals surface area contributed by atoms with Crippen LogP contribution in [0.1, 0.15) is 16.7 Å². The average Bonchev–Trinajstić information content (AvgIpc) is 2.40. The molecule has 0 aromatic heterocycles. The van der Waals surface area contributed by atoms with E-state index in [1.54, 1.807) is 12.1 Å². The van der Waals surface area contributed by atoms with Crippen LogP contribution < -0.4 is 5.32 Å². The van der Waals surface area contributed by atoms with Crippen molar-refractivity contribution >= 4 is 5.69 Å². The number of nitriles is 1. The molecule has 0 radical (unpaired) electrons. The second kappa shape index (κ2) is 5.49. The van der Waals surface area contributed by atoms with Gasteiger partial charge in [-0.3, -0.25) is 0 Å². The van der Waals surface area contributed by atoms with E-state index in [0.29, 0.717) is 17.7 Å². The number of halogens is 2. The molecule has 0 aliphatic carbocycles. The van der Waals surface area contributed by atoms with Crippen LogP contribution in [-0.4, -0.2) is 0 Å².